The summed E-state index contributed by atoms with van der Waals surface area (Å²) in [5.41, 5.74) is -0.683. The van der Waals surface area contributed by atoms with Crippen LogP contribution < -0.4 is 10.6 Å². The van der Waals surface area contributed by atoms with E-state index in [9.17, 15) is 9.90 Å². The van der Waals surface area contributed by atoms with E-state index in [1.807, 2.05) is 0 Å². The van der Waals surface area contributed by atoms with Crippen LogP contribution in [0.15, 0.2) is 12.2 Å². The van der Waals surface area contributed by atoms with Crippen molar-refractivity contribution in [1.29, 1.82) is 0 Å². The molecule has 1 fully saturated rings. The quantitative estimate of drug-likeness (QED) is 0.674. The molecule has 3 N–H and O–H groups in total. The number of hydrogen-bond donors (Lipinski definition) is 3. The Morgan fingerprint density at radius 2 is 2.06 bits per heavy atom. The lowest BCUT2D eigenvalue weighted by Gasteiger charge is -2.32. The Balaban J connectivity index is 1.70. The topological polar surface area (TPSA) is 61.4 Å². The van der Waals surface area contributed by atoms with Crippen molar-refractivity contribution in [2.24, 2.45) is 0 Å². The normalized spacial score (nSPS) is 26.6. The maximum absolute atomic E-state index is 11.7. The average molecular weight is 252 g/mol. The predicted octanol–water partition coefficient (Wildman–Crippen LogP) is 2.09. The second kappa shape index (κ2) is 6.23. The Bertz CT molecular complexity index is 309. The minimum atomic E-state index is -0.683. The largest absolute Gasteiger partial charge is 0.388 e. The number of aliphatic hydroxyl groups is 1. The monoisotopic (exact) mass is 252 g/mol. The third kappa shape index (κ3) is 4.02. The van der Waals surface area contributed by atoms with Crippen LogP contribution in [0, 0.1) is 0 Å². The summed E-state index contributed by atoms with van der Waals surface area (Å²) in [6.07, 6.45) is 12.3. The Labute approximate surface area is 109 Å². The van der Waals surface area contributed by atoms with Gasteiger partial charge in [0.15, 0.2) is 0 Å². The minimum absolute atomic E-state index is 0.153. The molecule has 0 aromatic carbocycles. The summed E-state index contributed by atoms with van der Waals surface area (Å²) in [6, 6.07) is -0.00898. The maximum atomic E-state index is 11.7. The predicted molar refractivity (Wildman–Crippen MR) is 71.3 cm³/mol. The van der Waals surface area contributed by atoms with Gasteiger partial charge >= 0.3 is 6.03 Å². The Morgan fingerprint density at radius 3 is 2.72 bits per heavy atom. The summed E-state index contributed by atoms with van der Waals surface area (Å²) in [4.78, 5) is 11.7. The van der Waals surface area contributed by atoms with Crippen LogP contribution in [0.1, 0.15) is 51.4 Å². The van der Waals surface area contributed by atoms with Gasteiger partial charge in [0, 0.05) is 12.6 Å². The first-order chi connectivity index (χ1) is 8.68. The first kappa shape index (κ1) is 13.4. The summed E-state index contributed by atoms with van der Waals surface area (Å²) in [6.45, 7) is 0.370. The van der Waals surface area contributed by atoms with Crippen molar-refractivity contribution in [2.75, 3.05) is 6.54 Å². The van der Waals surface area contributed by atoms with Crippen molar-refractivity contribution in [2.45, 2.75) is 63.0 Å². The fourth-order valence-corrected chi connectivity index (χ4v) is 2.78. The van der Waals surface area contributed by atoms with Crippen LogP contribution in [0.5, 0.6) is 0 Å². The van der Waals surface area contributed by atoms with E-state index in [1.54, 1.807) is 0 Å². The van der Waals surface area contributed by atoms with Gasteiger partial charge in [-0.3, -0.25) is 0 Å². The Kier molecular flexibility index (Phi) is 4.64. The minimum Gasteiger partial charge on any atom is -0.388 e. The molecule has 2 aliphatic carbocycles. The second-order valence-electron chi connectivity index (χ2n) is 5.58. The standard InChI is InChI=1S/C14H24N2O2/c17-13(16-12-7-3-1-4-8-12)15-11-14(18)9-5-2-6-10-14/h3,7,12,18H,1-2,4-6,8-11H2,(H2,15,16,17). The molecule has 0 spiro atoms. The molecule has 0 aliphatic heterocycles. The van der Waals surface area contributed by atoms with Crippen molar-refractivity contribution in [1.82, 2.24) is 10.6 Å². The van der Waals surface area contributed by atoms with E-state index >= 15 is 0 Å². The van der Waals surface area contributed by atoms with Crippen molar-refractivity contribution in [3.63, 3.8) is 0 Å². The van der Waals surface area contributed by atoms with Crippen molar-refractivity contribution in [3.8, 4) is 0 Å². The highest BCUT2D eigenvalue weighted by molar-refractivity contribution is 5.74. The molecule has 2 amide bonds. The van der Waals surface area contributed by atoms with E-state index in [0.717, 1.165) is 44.9 Å². The third-order valence-electron chi connectivity index (χ3n) is 3.93. The summed E-state index contributed by atoms with van der Waals surface area (Å²) in [5, 5.41) is 16.0. The summed E-state index contributed by atoms with van der Waals surface area (Å²) in [7, 11) is 0. The highest BCUT2D eigenvalue weighted by Gasteiger charge is 2.29. The van der Waals surface area contributed by atoms with E-state index in [-0.39, 0.29) is 12.1 Å². The van der Waals surface area contributed by atoms with Crippen molar-refractivity contribution in [3.05, 3.63) is 12.2 Å². The van der Waals surface area contributed by atoms with Crippen LogP contribution in [-0.4, -0.2) is 29.3 Å². The summed E-state index contributed by atoms with van der Waals surface area (Å²) >= 11 is 0. The number of urea groups is 1. The van der Waals surface area contributed by atoms with E-state index in [0.29, 0.717) is 6.54 Å². The first-order valence-electron chi connectivity index (χ1n) is 7.11. The van der Waals surface area contributed by atoms with Gasteiger partial charge in [-0.05, 0) is 32.1 Å². The zero-order valence-electron chi connectivity index (χ0n) is 11.0. The van der Waals surface area contributed by atoms with Gasteiger partial charge in [0.2, 0.25) is 0 Å². The molecular formula is C14H24N2O2. The van der Waals surface area contributed by atoms with Gasteiger partial charge in [-0.1, -0.05) is 31.4 Å². The second-order valence-corrected chi connectivity index (χ2v) is 5.58. The maximum Gasteiger partial charge on any atom is 0.315 e. The zero-order chi connectivity index (χ0) is 12.8. The molecule has 0 aromatic rings. The molecule has 4 nitrogen and oxygen atoms in total. The molecule has 1 saturated carbocycles. The molecule has 0 bridgehead atoms. The van der Waals surface area contributed by atoms with E-state index < -0.39 is 5.60 Å². The molecule has 18 heavy (non-hydrogen) atoms. The molecule has 1 unspecified atom stereocenters. The fraction of sp³-hybridized carbons (Fsp3) is 0.786. The van der Waals surface area contributed by atoms with Crippen molar-refractivity contribution >= 4 is 6.03 Å². The van der Waals surface area contributed by atoms with Gasteiger partial charge in [0.05, 0.1) is 5.60 Å². The van der Waals surface area contributed by atoms with Gasteiger partial charge in [-0.2, -0.15) is 0 Å². The van der Waals surface area contributed by atoms with Gasteiger partial charge in [0.25, 0.3) is 0 Å². The van der Waals surface area contributed by atoms with Gasteiger partial charge < -0.3 is 15.7 Å². The van der Waals surface area contributed by atoms with Crippen LogP contribution >= 0.6 is 0 Å². The van der Waals surface area contributed by atoms with E-state index in [1.165, 1.54) is 6.42 Å². The third-order valence-corrected chi connectivity index (χ3v) is 3.93. The highest BCUT2D eigenvalue weighted by Crippen LogP contribution is 2.27. The molecule has 0 aromatic heterocycles. The molecule has 0 saturated heterocycles. The number of hydrogen-bond acceptors (Lipinski definition) is 2. The molecule has 102 valence electrons. The van der Waals surface area contributed by atoms with Gasteiger partial charge in [-0.25, -0.2) is 4.79 Å². The number of amides is 2. The average Bonchev–Trinajstić information content (AvgIpc) is 2.39. The van der Waals surface area contributed by atoms with Gasteiger partial charge in [-0.15, -0.1) is 0 Å². The molecule has 0 radical (unpaired) electrons. The molecule has 4 heteroatoms. The number of rotatable bonds is 3. The lowest BCUT2D eigenvalue weighted by atomic mass is 9.85. The summed E-state index contributed by atoms with van der Waals surface area (Å²) < 4.78 is 0. The van der Waals surface area contributed by atoms with E-state index in [2.05, 4.69) is 22.8 Å². The molecular weight excluding hydrogens is 228 g/mol. The molecule has 1 atom stereocenters. The molecule has 0 heterocycles. The summed E-state index contributed by atoms with van der Waals surface area (Å²) in [5.74, 6) is 0. The molecule has 2 rings (SSSR count). The lowest BCUT2D eigenvalue weighted by Crippen LogP contribution is -2.49. The first-order valence-corrected chi connectivity index (χ1v) is 7.11. The number of carbonyl (C=O) groups is 1. The van der Waals surface area contributed by atoms with Gasteiger partial charge in [0.1, 0.15) is 0 Å². The number of nitrogens with one attached hydrogen (secondary N) is 2. The number of carbonyl (C=O) groups excluding carboxylic acids is 1. The van der Waals surface area contributed by atoms with Crippen LogP contribution in [0.2, 0.25) is 0 Å². The van der Waals surface area contributed by atoms with Crippen LogP contribution in [0.4, 0.5) is 4.79 Å². The lowest BCUT2D eigenvalue weighted by molar-refractivity contribution is 0.00715. The smallest absolute Gasteiger partial charge is 0.315 e. The van der Waals surface area contributed by atoms with Crippen LogP contribution in [0.25, 0.3) is 0 Å². The zero-order valence-corrected chi connectivity index (χ0v) is 11.0. The Morgan fingerprint density at radius 1 is 1.28 bits per heavy atom. The van der Waals surface area contributed by atoms with Crippen molar-refractivity contribution < 1.29 is 9.90 Å². The molecule has 2 aliphatic rings. The SMILES string of the molecule is O=C(NCC1(O)CCCCC1)NC1C=CCCC1. The van der Waals surface area contributed by atoms with Crippen LogP contribution in [-0.2, 0) is 0 Å². The highest BCUT2D eigenvalue weighted by atomic mass is 16.3. The Hall–Kier alpha value is -1.03. The van der Waals surface area contributed by atoms with E-state index in [4.69, 9.17) is 0 Å². The fourth-order valence-electron chi connectivity index (χ4n) is 2.78. The number of allylic oxidation sites excluding steroid dienone is 1. The van der Waals surface area contributed by atoms with Crippen LogP contribution in [0.3, 0.4) is 0 Å².